The molecule has 142 valence electrons. The summed E-state index contributed by atoms with van der Waals surface area (Å²) in [5.74, 6) is -0.526. The minimum absolute atomic E-state index is 0.0538. The number of primary amides is 1. The number of rotatable bonds is 5. The molecular weight excluding hydrogens is 360 g/mol. The molecule has 0 radical (unpaired) electrons. The first-order valence-electron chi connectivity index (χ1n) is 8.55. The number of amides is 2. The smallest absolute Gasteiger partial charge is 0.272 e. The number of nitrogens with one attached hydrogen (secondary N) is 3. The Morgan fingerprint density at radius 2 is 2.04 bits per heavy atom. The molecule has 0 spiro atoms. The lowest BCUT2D eigenvalue weighted by Crippen LogP contribution is -2.58. The Bertz CT molecular complexity index is 1070. The maximum Gasteiger partial charge on any atom is 0.272 e. The van der Waals surface area contributed by atoms with E-state index < -0.39 is 17.4 Å². The number of fused-ring (bicyclic) bond motifs is 1. The molecule has 9 heteroatoms. The van der Waals surface area contributed by atoms with E-state index >= 15 is 0 Å². The average molecular weight is 378 g/mol. The van der Waals surface area contributed by atoms with Crippen molar-refractivity contribution in [2.75, 3.05) is 19.1 Å². The van der Waals surface area contributed by atoms with E-state index in [0.29, 0.717) is 17.0 Å². The number of hydrogen-bond acceptors (Lipinski definition) is 6. The van der Waals surface area contributed by atoms with E-state index in [0.717, 1.165) is 5.52 Å². The van der Waals surface area contributed by atoms with Gasteiger partial charge in [0.05, 0.1) is 24.8 Å². The topological polar surface area (TPSA) is 134 Å². The Hall–Kier alpha value is -3.72. The molecule has 0 fully saturated rings. The molecule has 28 heavy (non-hydrogen) atoms. The summed E-state index contributed by atoms with van der Waals surface area (Å²) in [4.78, 5) is 37.2. The third-order valence-electron chi connectivity index (χ3n) is 4.59. The molecule has 0 saturated heterocycles. The van der Waals surface area contributed by atoms with Crippen molar-refractivity contribution in [1.29, 1.82) is 0 Å². The van der Waals surface area contributed by atoms with Gasteiger partial charge in [0.15, 0.2) is 0 Å². The molecule has 9 nitrogen and oxygen atoms in total. The molecule has 1 atom stereocenters. The van der Waals surface area contributed by atoms with Crippen molar-refractivity contribution >= 4 is 34.2 Å². The van der Waals surface area contributed by atoms with Gasteiger partial charge in [0.1, 0.15) is 17.3 Å². The number of carbonyl (C=O) groups is 2. The average Bonchev–Trinajstić information content (AvgIpc) is 3.33. The number of nitrogens with zero attached hydrogens (tertiary/aromatic N) is 2. The summed E-state index contributed by atoms with van der Waals surface area (Å²) in [6.07, 6.45) is 0. The zero-order valence-electron chi connectivity index (χ0n) is 15.0. The van der Waals surface area contributed by atoms with E-state index in [1.54, 1.807) is 30.3 Å². The van der Waals surface area contributed by atoms with Crippen LogP contribution in [0.5, 0.6) is 5.75 Å². The van der Waals surface area contributed by atoms with Crippen LogP contribution >= 0.6 is 0 Å². The molecule has 0 saturated carbocycles. The lowest BCUT2D eigenvalue weighted by Gasteiger charge is -2.25. The largest absolute Gasteiger partial charge is 0.497 e. The van der Waals surface area contributed by atoms with Crippen LogP contribution in [0.2, 0.25) is 0 Å². The highest BCUT2D eigenvalue weighted by atomic mass is 16.5. The number of carbonyl (C=O) groups excluding carboxylic acids is 2. The highest BCUT2D eigenvalue weighted by Gasteiger charge is 2.52. The van der Waals surface area contributed by atoms with Gasteiger partial charge in [-0.15, -0.1) is 0 Å². The Morgan fingerprint density at radius 1 is 1.21 bits per heavy atom. The summed E-state index contributed by atoms with van der Waals surface area (Å²) in [6.45, 7) is 0.0564. The monoisotopic (exact) mass is 378 g/mol. The summed E-state index contributed by atoms with van der Waals surface area (Å²) < 4.78 is 5.16. The van der Waals surface area contributed by atoms with E-state index in [4.69, 9.17) is 10.5 Å². The predicted molar refractivity (Wildman–Crippen MR) is 104 cm³/mol. The second-order valence-electron chi connectivity index (χ2n) is 6.24. The first-order chi connectivity index (χ1) is 13.5. The molecule has 2 amide bonds. The molecule has 1 aromatic heterocycles. The number of nitrogens with two attached hydrogens (primary N) is 1. The number of ether oxygens (including phenoxy) is 1. The van der Waals surface area contributed by atoms with Crippen molar-refractivity contribution in [3.63, 3.8) is 0 Å². The normalized spacial score (nSPS) is 18.7. The van der Waals surface area contributed by atoms with Crippen molar-refractivity contribution in [3.8, 4) is 5.75 Å². The number of anilines is 1. The standard InChI is InChI=1S/C19H18N6O3/c1-28-12-6-4-5-11(9-12)23-16(26)15-19(17(20)27,22-10-21-15)18-24-13-7-2-3-8-14(13)25-18/h2-9,22H,10H2,1H3,(H2,20,27)(H,23,26)(H,24,25). The zero-order chi connectivity index (χ0) is 19.7. The zero-order valence-corrected chi connectivity index (χ0v) is 15.0. The maximum absolute atomic E-state index is 13.0. The van der Waals surface area contributed by atoms with E-state index in [-0.39, 0.29) is 18.2 Å². The van der Waals surface area contributed by atoms with E-state index in [2.05, 4.69) is 25.6 Å². The first kappa shape index (κ1) is 17.7. The maximum atomic E-state index is 13.0. The summed E-state index contributed by atoms with van der Waals surface area (Å²) in [6, 6.07) is 14.2. The van der Waals surface area contributed by atoms with Crippen LogP contribution in [0, 0.1) is 0 Å². The van der Waals surface area contributed by atoms with Gasteiger partial charge < -0.3 is 20.8 Å². The van der Waals surface area contributed by atoms with Crippen LogP contribution in [0.3, 0.4) is 0 Å². The minimum atomic E-state index is -1.65. The van der Waals surface area contributed by atoms with Crippen molar-refractivity contribution in [1.82, 2.24) is 15.3 Å². The lowest BCUT2D eigenvalue weighted by molar-refractivity contribution is -0.123. The van der Waals surface area contributed by atoms with Crippen molar-refractivity contribution in [2.45, 2.75) is 5.54 Å². The number of methoxy groups -OCH3 is 1. The third-order valence-corrected chi connectivity index (χ3v) is 4.59. The molecular formula is C19H18N6O3. The van der Waals surface area contributed by atoms with Gasteiger partial charge in [-0.1, -0.05) is 18.2 Å². The number of aromatic nitrogens is 2. The molecule has 3 aromatic rings. The Balaban J connectivity index is 1.72. The van der Waals surface area contributed by atoms with Gasteiger partial charge in [-0.3, -0.25) is 19.9 Å². The second-order valence-corrected chi connectivity index (χ2v) is 6.24. The number of benzene rings is 2. The number of imidazole rings is 1. The summed E-state index contributed by atoms with van der Waals surface area (Å²) >= 11 is 0. The van der Waals surface area contributed by atoms with Crippen LogP contribution in [0.4, 0.5) is 5.69 Å². The molecule has 1 aliphatic heterocycles. The van der Waals surface area contributed by atoms with E-state index in [9.17, 15) is 9.59 Å². The van der Waals surface area contributed by atoms with E-state index in [1.807, 2.05) is 18.2 Å². The van der Waals surface area contributed by atoms with Crippen molar-refractivity contribution in [2.24, 2.45) is 10.7 Å². The molecule has 0 bridgehead atoms. The number of H-pyrrole nitrogens is 1. The van der Waals surface area contributed by atoms with Crippen LogP contribution in [-0.2, 0) is 15.1 Å². The van der Waals surface area contributed by atoms with Gasteiger partial charge in [0, 0.05) is 11.8 Å². The number of aliphatic imine (C=N–C) groups is 1. The van der Waals surface area contributed by atoms with Crippen LogP contribution in [-0.4, -0.2) is 41.3 Å². The quantitative estimate of drug-likeness (QED) is 0.523. The molecule has 2 heterocycles. The van der Waals surface area contributed by atoms with Gasteiger partial charge >= 0.3 is 0 Å². The molecule has 4 rings (SSSR count). The molecule has 5 N–H and O–H groups in total. The number of aromatic amines is 1. The fourth-order valence-corrected chi connectivity index (χ4v) is 3.22. The van der Waals surface area contributed by atoms with E-state index in [1.165, 1.54) is 7.11 Å². The molecule has 1 aliphatic rings. The molecule has 0 aliphatic carbocycles. The Kier molecular flexibility index (Phi) is 4.28. The predicted octanol–water partition coefficient (Wildman–Crippen LogP) is 0.892. The van der Waals surface area contributed by atoms with Crippen molar-refractivity contribution < 1.29 is 14.3 Å². The molecule has 1 unspecified atom stereocenters. The van der Waals surface area contributed by atoms with Gasteiger partial charge in [-0.25, -0.2) is 4.98 Å². The summed E-state index contributed by atoms with van der Waals surface area (Å²) in [5.41, 5.74) is 5.88. The van der Waals surface area contributed by atoms with Crippen LogP contribution in [0.1, 0.15) is 5.82 Å². The highest BCUT2D eigenvalue weighted by Crippen LogP contribution is 2.27. The van der Waals surface area contributed by atoms with Gasteiger partial charge in [-0.2, -0.15) is 0 Å². The van der Waals surface area contributed by atoms with Gasteiger partial charge in [0.2, 0.25) is 5.54 Å². The fraction of sp³-hybridized carbons (Fsp3) is 0.158. The second kappa shape index (κ2) is 6.78. The number of para-hydroxylation sites is 2. The van der Waals surface area contributed by atoms with Crippen LogP contribution in [0.15, 0.2) is 53.5 Å². The first-order valence-corrected chi connectivity index (χ1v) is 8.55. The van der Waals surface area contributed by atoms with Crippen LogP contribution in [0.25, 0.3) is 11.0 Å². The molecule has 2 aromatic carbocycles. The summed E-state index contributed by atoms with van der Waals surface area (Å²) in [7, 11) is 1.53. The number of hydrogen-bond donors (Lipinski definition) is 4. The van der Waals surface area contributed by atoms with Crippen LogP contribution < -0.4 is 21.1 Å². The SMILES string of the molecule is COc1cccc(NC(=O)C2=NCNC2(C(N)=O)c2nc3ccccc3[nH]2)c1. The summed E-state index contributed by atoms with van der Waals surface area (Å²) in [5, 5.41) is 5.66. The lowest BCUT2D eigenvalue weighted by atomic mass is 9.91. The van der Waals surface area contributed by atoms with Gasteiger partial charge in [0.25, 0.3) is 11.8 Å². The minimum Gasteiger partial charge on any atom is -0.497 e. The third kappa shape index (κ3) is 2.78. The highest BCUT2D eigenvalue weighted by molar-refractivity contribution is 6.50. The fourth-order valence-electron chi connectivity index (χ4n) is 3.22. The Morgan fingerprint density at radius 3 is 2.79 bits per heavy atom. The van der Waals surface area contributed by atoms with Gasteiger partial charge in [-0.05, 0) is 24.3 Å². The Labute approximate surface area is 160 Å². The van der Waals surface area contributed by atoms with Crippen molar-refractivity contribution in [3.05, 3.63) is 54.4 Å².